The zero-order chi connectivity index (χ0) is 25.5. The largest absolute Gasteiger partial charge is 0.452 e. The number of rotatable bonds is 7. The molecule has 0 unspecified atom stereocenters. The highest BCUT2D eigenvalue weighted by Gasteiger charge is 2.51. The van der Waals surface area contributed by atoms with E-state index < -0.39 is 48.6 Å². The first kappa shape index (κ1) is 25.1. The maximum absolute atomic E-state index is 13.0. The van der Waals surface area contributed by atoms with Crippen LogP contribution < -0.4 is 0 Å². The molecule has 0 aliphatic carbocycles. The van der Waals surface area contributed by atoms with Crippen LogP contribution in [-0.4, -0.2) is 55.7 Å². The van der Waals surface area contributed by atoms with Gasteiger partial charge in [0.15, 0.2) is 24.6 Å². The number of methoxy groups -OCH3 is 1. The van der Waals surface area contributed by atoms with Gasteiger partial charge in [0.1, 0.15) is 0 Å². The van der Waals surface area contributed by atoms with E-state index in [0.717, 1.165) is 0 Å². The molecule has 3 aromatic carbocycles. The summed E-state index contributed by atoms with van der Waals surface area (Å²) in [5.74, 6) is -1.98. The summed E-state index contributed by atoms with van der Waals surface area (Å²) in [6.45, 7) is 1.66. The first-order valence-electron chi connectivity index (χ1n) is 11.4. The predicted molar refractivity (Wildman–Crippen MR) is 128 cm³/mol. The number of hydrogen-bond donors (Lipinski definition) is 0. The Morgan fingerprint density at radius 1 is 0.583 bits per heavy atom. The quantitative estimate of drug-likeness (QED) is 0.361. The van der Waals surface area contributed by atoms with Gasteiger partial charge in [-0.3, -0.25) is 0 Å². The average Bonchev–Trinajstić information content (AvgIpc) is 2.93. The Labute approximate surface area is 208 Å². The molecule has 8 heteroatoms. The van der Waals surface area contributed by atoms with E-state index in [1.165, 1.54) is 7.11 Å². The van der Waals surface area contributed by atoms with Crippen molar-refractivity contribution < 1.29 is 38.1 Å². The van der Waals surface area contributed by atoms with Crippen LogP contribution in [-0.2, 0) is 23.7 Å². The van der Waals surface area contributed by atoms with Crippen LogP contribution in [0.25, 0.3) is 0 Å². The van der Waals surface area contributed by atoms with Crippen molar-refractivity contribution in [1.29, 1.82) is 0 Å². The topological polar surface area (TPSA) is 97.4 Å². The second-order valence-electron chi connectivity index (χ2n) is 8.15. The third kappa shape index (κ3) is 5.79. The van der Waals surface area contributed by atoms with Gasteiger partial charge in [-0.05, 0) is 43.3 Å². The molecule has 1 aliphatic rings. The minimum absolute atomic E-state index is 0.284. The lowest BCUT2D eigenvalue weighted by Gasteiger charge is -2.43. The monoisotopic (exact) mass is 490 g/mol. The maximum Gasteiger partial charge on any atom is 0.338 e. The van der Waals surface area contributed by atoms with E-state index >= 15 is 0 Å². The van der Waals surface area contributed by atoms with Crippen molar-refractivity contribution in [3.05, 3.63) is 108 Å². The van der Waals surface area contributed by atoms with Crippen molar-refractivity contribution >= 4 is 17.9 Å². The lowest BCUT2D eigenvalue weighted by atomic mass is 9.98. The molecule has 0 bridgehead atoms. The van der Waals surface area contributed by atoms with Crippen molar-refractivity contribution in [2.75, 3.05) is 7.11 Å². The van der Waals surface area contributed by atoms with Crippen molar-refractivity contribution in [2.45, 2.75) is 37.6 Å². The lowest BCUT2D eigenvalue weighted by Crippen LogP contribution is -2.61. The van der Waals surface area contributed by atoms with Crippen LogP contribution in [0.5, 0.6) is 0 Å². The molecular formula is C28H26O8. The molecular weight excluding hydrogens is 464 g/mol. The van der Waals surface area contributed by atoms with Crippen LogP contribution in [0, 0.1) is 0 Å². The Kier molecular flexibility index (Phi) is 8.10. The molecule has 36 heavy (non-hydrogen) atoms. The second-order valence-corrected chi connectivity index (χ2v) is 8.15. The molecule has 8 nitrogen and oxygen atoms in total. The smallest absolute Gasteiger partial charge is 0.338 e. The van der Waals surface area contributed by atoms with Gasteiger partial charge in [0.25, 0.3) is 0 Å². The van der Waals surface area contributed by atoms with Crippen LogP contribution in [0.15, 0.2) is 91.0 Å². The fourth-order valence-corrected chi connectivity index (χ4v) is 3.88. The van der Waals surface area contributed by atoms with E-state index in [-0.39, 0.29) is 11.1 Å². The lowest BCUT2D eigenvalue weighted by molar-refractivity contribution is -0.283. The van der Waals surface area contributed by atoms with E-state index in [9.17, 15) is 14.4 Å². The highest BCUT2D eigenvalue weighted by molar-refractivity contribution is 5.91. The summed E-state index contributed by atoms with van der Waals surface area (Å²) in [7, 11) is 1.38. The minimum Gasteiger partial charge on any atom is -0.452 e. The van der Waals surface area contributed by atoms with Gasteiger partial charge in [0.05, 0.1) is 22.8 Å². The zero-order valence-corrected chi connectivity index (χ0v) is 19.8. The van der Waals surface area contributed by atoms with Gasteiger partial charge in [-0.2, -0.15) is 0 Å². The summed E-state index contributed by atoms with van der Waals surface area (Å²) < 4.78 is 28.6. The van der Waals surface area contributed by atoms with Crippen molar-refractivity contribution in [1.82, 2.24) is 0 Å². The Morgan fingerprint density at radius 2 is 0.944 bits per heavy atom. The normalized spacial score (nSPS) is 23.3. The first-order chi connectivity index (χ1) is 17.5. The number of carbonyl (C=O) groups excluding carboxylic acids is 3. The predicted octanol–water partition coefficient (Wildman–Crippen LogP) is 4.05. The number of benzene rings is 3. The molecule has 0 N–H and O–H groups in total. The summed E-state index contributed by atoms with van der Waals surface area (Å²) in [5.41, 5.74) is 0.883. The first-order valence-corrected chi connectivity index (χ1v) is 11.4. The Morgan fingerprint density at radius 3 is 1.33 bits per heavy atom. The Bertz CT molecular complexity index is 1170. The highest BCUT2D eigenvalue weighted by Crippen LogP contribution is 2.30. The van der Waals surface area contributed by atoms with E-state index in [0.29, 0.717) is 5.56 Å². The van der Waals surface area contributed by atoms with Gasteiger partial charge in [-0.15, -0.1) is 0 Å². The molecule has 0 spiro atoms. The Hall–Kier alpha value is -4.01. The molecule has 0 aromatic heterocycles. The third-order valence-corrected chi connectivity index (χ3v) is 5.72. The zero-order valence-electron chi connectivity index (χ0n) is 19.8. The molecule has 0 amide bonds. The summed E-state index contributed by atoms with van der Waals surface area (Å²) in [6, 6.07) is 25.1. The van der Waals surface area contributed by atoms with Crippen LogP contribution in [0.3, 0.4) is 0 Å². The number of ether oxygens (including phenoxy) is 5. The third-order valence-electron chi connectivity index (χ3n) is 5.72. The highest BCUT2D eigenvalue weighted by atomic mass is 16.7. The standard InChI is InChI=1S/C28H26O8/c1-18-22(34-25(29)19-12-6-3-7-13-19)23(35-26(30)20-14-8-4-9-15-20)24(28(32-2)33-18)36-27(31)21-16-10-5-11-17-21/h3-18,22-24,28H,1-2H3/t18-,22-,23+,24+,28+/m0/s1. The van der Waals surface area contributed by atoms with Gasteiger partial charge in [0, 0.05) is 7.11 Å². The van der Waals surface area contributed by atoms with Gasteiger partial charge in [-0.1, -0.05) is 54.6 Å². The number of hydrogen-bond acceptors (Lipinski definition) is 8. The SMILES string of the molecule is CO[C@@H]1O[C@@H](C)[C@H](OC(=O)c2ccccc2)[C@@H](OC(=O)c2ccccc2)[C@H]1OC(=O)c1ccccc1. The molecule has 186 valence electrons. The number of carbonyl (C=O) groups is 3. The molecule has 1 saturated heterocycles. The fraction of sp³-hybridized carbons (Fsp3) is 0.250. The van der Waals surface area contributed by atoms with Crippen LogP contribution in [0.4, 0.5) is 0 Å². The minimum atomic E-state index is -1.22. The van der Waals surface area contributed by atoms with Crippen LogP contribution in [0.1, 0.15) is 38.0 Å². The van der Waals surface area contributed by atoms with Crippen molar-refractivity contribution in [3.63, 3.8) is 0 Å². The molecule has 3 aromatic rings. The second kappa shape index (κ2) is 11.6. The van der Waals surface area contributed by atoms with Crippen molar-refractivity contribution in [3.8, 4) is 0 Å². The van der Waals surface area contributed by atoms with Crippen LogP contribution in [0.2, 0.25) is 0 Å². The maximum atomic E-state index is 13.0. The molecule has 1 fully saturated rings. The Balaban J connectivity index is 1.66. The van der Waals surface area contributed by atoms with Crippen LogP contribution >= 0.6 is 0 Å². The molecule has 4 rings (SSSR count). The van der Waals surface area contributed by atoms with E-state index in [2.05, 4.69) is 0 Å². The summed E-state index contributed by atoms with van der Waals surface area (Å²) in [5, 5.41) is 0. The number of esters is 3. The van der Waals surface area contributed by atoms with Gasteiger partial charge < -0.3 is 23.7 Å². The van der Waals surface area contributed by atoms with E-state index in [4.69, 9.17) is 23.7 Å². The molecule has 1 aliphatic heterocycles. The van der Waals surface area contributed by atoms with Gasteiger partial charge >= 0.3 is 17.9 Å². The van der Waals surface area contributed by atoms with E-state index in [1.807, 2.05) is 0 Å². The van der Waals surface area contributed by atoms with Crippen molar-refractivity contribution in [2.24, 2.45) is 0 Å². The molecule has 1 heterocycles. The van der Waals surface area contributed by atoms with Gasteiger partial charge in [-0.25, -0.2) is 14.4 Å². The van der Waals surface area contributed by atoms with Gasteiger partial charge in [0.2, 0.25) is 0 Å². The fourth-order valence-electron chi connectivity index (χ4n) is 3.88. The van der Waals surface area contributed by atoms with E-state index in [1.54, 1.807) is 97.9 Å². The summed E-state index contributed by atoms with van der Waals surface area (Å²) in [6.07, 6.45) is -5.35. The average molecular weight is 491 g/mol. The molecule has 0 radical (unpaired) electrons. The molecule has 0 saturated carbocycles. The summed E-state index contributed by atoms with van der Waals surface area (Å²) in [4.78, 5) is 38.9. The summed E-state index contributed by atoms with van der Waals surface area (Å²) >= 11 is 0. The molecule has 5 atom stereocenters.